The molecule has 1 aromatic rings. The molecule has 0 radical (unpaired) electrons. The molecule has 0 bridgehead atoms. The number of rotatable bonds is 7. The Morgan fingerprint density at radius 3 is 2.45 bits per heavy atom. The summed E-state index contributed by atoms with van der Waals surface area (Å²) in [7, 11) is 0. The van der Waals surface area contributed by atoms with E-state index in [0.717, 1.165) is 6.42 Å². The lowest BCUT2D eigenvalue weighted by atomic mass is 9.96. The van der Waals surface area contributed by atoms with Gasteiger partial charge in [0, 0.05) is 6.54 Å². The molecule has 0 saturated carbocycles. The number of nitrogens with one attached hydrogen (secondary N) is 1. The second-order valence-electron chi connectivity index (χ2n) is 5.71. The van der Waals surface area contributed by atoms with E-state index in [0.29, 0.717) is 23.9 Å². The molecule has 1 rings (SSSR count). The van der Waals surface area contributed by atoms with Gasteiger partial charge in [-0.25, -0.2) is 0 Å². The van der Waals surface area contributed by atoms with Crippen LogP contribution in [0.5, 0.6) is 5.75 Å². The predicted molar refractivity (Wildman–Crippen MR) is 82.8 cm³/mol. The van der Waals surface area contributed by atoms with Crippen LogP contribution in [-0.2, 0) is 4.79 Å². The molecule has 112 valence electrons. The summed E-state index contributed by atoms with van der Waals surface area (Å²) in [6, 6.07) is 7.47. The average molecular weight is 278 g/mol. The van der Waals surface area contributed by atoms with Crippen molar-refractivity contribution in [2.45, 2.75) is 40.2 Å². The summed E-state index contributed by atoms with van der Waals surface area (Å²) in [4.78, 5) is 12.3. The zero-order valence-electron chi connectivity index (χ0n) is 12.8. The summed E-state index contributed by atoms with van der Waals surface area (Å²) in [5, 5.41) is 2.93. The van der Waals surface area contributed by atoms with E-state index in [1.807, 2.05) is 38.1 Å². The number of carbonyl (C=O) groups excluding carboxylic acids is 1. The highest BCUT2D eigenvalue weighted by Gasteiger charge is 2.19. The van der Waals surface area contributed by atoms with Crippen molar-refractivity contribution < 1.29 is 9.53 Å². The minimum atomic E-state index is -0.165. The molecule has 1 amide bonds. The fraction of sp³-hybridized carbons (Fsp3) is 0.562. The van der Waals surface area contributed by atoms with Gasteiger partial charge < -0.3 is 15.8 Å². The van der Waals surface area contributed by atoms with Crippen molar-refractivity contribution in [3.63, 3.8) is 0 Å². The molecule has 3 N–H and O–H groups in total. The quantitative estimate of drug-likeness (QED) is 0.805. The molecule has 0 heterocycles. The van der Waals surface area contributed by atoms with Crippen LogP contribution in [0.1, 0.15) is 34.1 Å². The number of anilines is 1. The minimum Gasteiger partial charge on any atom is -0.489 e. The number of para-hydroxylation sites is 2. The average Bonchev–Trinajstić information content (AvgIpc) is 2.37. The highest BCUT2D eigenvalue weighted by atomic mass is 16.5. The van der Waals surface area contributed by atoms with Gasteiger partial charge in [0.25, 0.3) is 0 Å². The summed E-state index contributed by atoms with van der Waals surface area (Å²) < 4.78 is 5.69. The number of hydrogen-bond acceptors (Lipinski definition) is 3. The Kier molecular flexibility index (Phi) is 6.52. The van der Waals surface area contributed by atoms with Gasteiger partial charge in [0.2, 0.25) is 5.91 Å². The van der Waals surface area contributed by atoms with Gasteiger partial charge in [-0.1, -0.05) is 26.0 Å². The van der Waals surface area contributed by atoms with Crippen molar-refractivity contribution in [3.8, 4) is 5.75 Å². The van der Waals surface area contributed by atoms with E-state index in [2.05, 4.69) is 19.2 Å². The first-order valence-electron chi connectivity index (χ1n) is 7.20. The van der Waals surface area contributed by atoms with E-state index in [1.165, 1.54) is 0 Å². The van der Waals surface area contributed by atoms with E-state index in [4.69, 9.17) is 10.5 Å². The second kappa shape index (κ2) is 7.90. The number of carbonyl (C=O) groups is 1. The molecule has 0 aliphatic heterocycles. The third-order valence-electron chi connectivity index (χ3n) is 2.92. The summed E-state index contributed by atoms with van der Waals surface area (Å²) in [5.74, 6) is 0.927. The SMILES string of the molecule is CC(C)CC(CN)C(=O)Nc1ccccc1OC(C)C. The Morgan fingerprint density at radius 1 is 1.25 bits per heavy atom. The van der Waals surface area contributed by atoms with Crippen molar-refractivity contribution in [2.24, 2.45) is 17.6 Å². The maximum absolute atomic E-state index is 12.3. The van der Waals surface area contributed by atoms with Crippen molar-refractivity contribution in [1.29, 1.82) is 0 Å². The van der Waals surface area contributed by atoms with Gasteiger partial charge in [-0.05, 0) is 38.3 Å². The Morgan fingerprint density at radius 2 is 1.90 bits per heavy atom. The van der Waals surface area contributed by atoms with Crippen molar-refractivity contribution in [1.82, 2.24) is 0 Å². The van der Waals surface area contributed by atoms with Crippen LogP contribution in [-0.4, -0.2) is 18.6 Å². The number of ether oxygens (including phenoxy) is 1. The molecule has 4 heteroatoms. The van der Waals surface area contributed by atoms with Gasteiger partial charge in [-0.2, -0.15) is 0 Å². The molecule has 0 fully saturated rings. The van der Waals surface area contributed by atoms with E-state index in [1.54, 1.807) is 0 Å². The van der Waals surface area contributed by atoms with Crippen LogP contribution >= 0.6 is 0 Å². The summed E-state index contributed by atoms with van der Waals surface area (Å²) in [5.41, 5.74) is 6.40. The van der Waals surface area contributed by atoms with Crippen molar-refractivity contribution in [3.05, 3.63) is 24.3 Å². The Balaban J connectivity index is 2.78. The third kappa shape index (κ3) is 5.21. The summed E-state index contributed by atoms with van der Waals surface area (Å²) in [6.45, 7) is 8.45. The summed E-state index contributed by atoms with van der Waals surface area (Å²) >= 11 is 0. The third-order valence-corrected chi connectivity index (χ3v) is 2.92. The van der Waals surface area contributed by atoms with Crippen LogP contribution in [0.2, 0.25) is 0 Å². The van der Waals surface area contributed by atoms with Gasteiger partial charge in [-0.3, -0.25) is 4.79 Å². The molecule has 0 aliphatic carbocycles. The molecule has 1 atom stereocenters. The molecule has 0 spiro atoms. The van der Waals surface area contributed by atoms with Gasteiger partial charge >= 0.3 is 0 Å². The summed E-state index contributed by atoms with van der Waals surface area (Å²) in [6.07, 6.45) is 0.851. The van der Waals surface area contributed by atoms with E-state index < -0.39 is 0 Å². The number of nitrogens with two attached hydrogens (primary N) is 1. The normalized spacial score (nSPS) is 12.6. The molecule has 1 unspecified atom stereocenters. The van der Waals surface area contributed by atoms with Crippen LogP contribution in [0.3, 0.4) is 0 Å². The van der Waals surface area contributed by atoms with Crippen LogP contribution in [0, 0.1) is 11.8 Å². The molecule has 0 aromatic heterocycles. The molecule has 0 saturated heterocycles. The van der Waals surface area contributed by atoms with Gasteiger partial charge in [0.1, 0.15) is 5.75 Å². The first-order valence-corrected chi connectivity index (χ1v) is 7.20. The fourth-order valence-corrected chi connectivity index (χ4v) is 2.04. The van der Waals surface area contributed by atoms with Crippen molar-refractivity contribution in [2.75, 3.05) is 11.9 Å². The van der Waals surface area contributed by atoms with Crippen LogP contribution in [0.25, 0.3) is 0 Å². The van der Waals surface area contributed by atoms with Crippen LogP contribution < -0.4 is 15.8 Å². The topological polar surface area (TPSA) is 64.4 Å². The molecular formula is C16H26N2O2. The Labute approximate surface area is 121 Å². The monoisotopic (exact) mass is 278 g/mol. The van der Waals surface area contributed by atoms with Crippen molar-refractivity contribution >= 4 is 11.6 Å². The lowest BCUT2D eigenvalue weighted by Gasteiger charge is -2.19. The fourth-order valence-electron chi connectivity index (χ4n) is 2.04. The zero-order chi connectivity index (χ0) is 15.1. The molecular weight excluding hydrogens is 252 g/mol. The largest absolute Gasteiger partial charge is 0.489 e. The number of amides is 1. The molecule has 0 aliphatic rings. The van der Waals surface area contributed by atoms with Gasteiger partial charge in [0.15, 0.2) is 0 Å². The second-order valence-corrected chi connectivity index (χ2v) is 5.71. The lowest BCUT2D eigenvalue weighted by molar-refractivity contribution is -0.120. The highest BCUT2D eigenvalue weighted by molar-refractivity contribution is 5.94. The van der Waals surface area contributed by atoms with Crippen LogP contribution in [0.15, 0.2) is 24.3 Å². The molecule has 20 heavy (non-hydrogen) atoms. The van der Waals surface area contributed by atoms with E-state index >= 15 is 0 Å². The zero-order valence-corrected chi connectivity index (χ0v) is 12.8. The van der Waals surface area contributed by atoms with Gasteiger partial charge in [-0.15, -0.1) is 0 Å². The Hall–Kier alpha value is -1.55. The predicted octanol–water partition coefficient (Wildman–Crippen LogP) is 3.03. The van der Waals surface area contributed by atoms with E-state index in [9.17, 15) is 4.79 Å². The number of benzene rings is 1. The maximum Gasteiger partial charge on any atom is 0.228 e. The maximum atomic E-state index is 12.3. The molecule has 4 nitrogen and oxygen atoms in total. The highest BCUT2D eigenvalue weighted by Crippen LogP contribution is 2.26. The smallest absolute Gasteiger partial charge is 0.228 e. The van der Waals surface area contributed by atoms with Crippen LogP contribution in [0.4, 0.5) is 5.69 Å². The minimum absolute atomic E-state index is 0.0407. The first-order chi connectivity index (χ1) is 9.43. The first kappa shape index (κ1) is 16.5. The standard InChI is InChI=1S/C16H26N2O2/c1-11(2)9-13(10-17)16(19)18-14-7-5-6-8-15(14)20-12(3)4/h5-8,11-13H,9-10,17H2,1-4H3,(H,18,19). The number of hydrogen-bond donors (Lipinski definition) is 2. The van der Waals surface area contributed by atoms with Gasteiger partial charge in [0.05, 0.1) is 17.7 Å². The lowest BCUT2D eigenvalue weighted by Crippen LogP contribution is -2.30. The molecule has 1 aromatic carbocycles. The Bertz CT molecular complexity index is 430. The van der Waals surface area contributed by atoms with E-state index in [-0.39, 0.29) is 17.9 Å².